The number of hydroxylamine groups is 1. The van der Waals surface area contributed by atoms with E-state index in [0.717, 1.165) is 63.8 Å². The standard InChI is InChI=1S/C26H28N4O3/c1-29(2)11-6-12-30-15-21(19-13-17(32-3)9-10-24(19)30)22-16-33-28-26(31)25(22)20-14-27-23-8-5-4-7-18(20)23/h4-5,7-10,13-15,27H,6,11-12,16H2,1-3H3,(H,28,31). The highest BCUT2D eigenvalue weighted by Gasteiger charge is 2.28. The molecule has 2 aromatic heterocycles. The molecule has 0 bridgehead atoms. The summed E-state index contributed by atoms with van der Waals surface area (Å²) in [5.74, 6) is 0.544. The van der Waals surface area contributed by atoms with Gasteiger partial charge in [0, 0.05) is 57.4 Å². The summed E-state index contributed by atoms with van der Waals surface area (Å²) in [6.45, 7) is 2.17. The van der Waals surface area contributed by atoms with Crippen LogP contribution < -0.4 is 10.2 Å². The molecule has 7 nitrogen and oxygen atoms in total. The molecule has 0 saturated carbocycles. The minimum absolute atomic E-state index is 0.239. The molecular weight excluding hydrogens is 416 g/mol. The van der Waals surface area contributed by atoms with E-state index in [9.17, 15) is 4.79 Å². The second kappa shape index (κ2) is 8.77. The number of benzene rings is 2. The normalized spacial score (nSPS) is 14.5. The van der Waals surface area contributed by atoms with Crippen molar-refractivity contribution >= 4 is 38.9 Å². The van der Waals surface area contributed by atoms with Crippen LogP contribution in [0.1, 0.15) is 17.5 Å². The number of amides is 1. The average molecular weight is 445 g/mol. The molecular formula is C26H28N4O3. The van der Waals surface area contributed by atoms with Crippen molar-refractivity contribution in [3.63, 3.8) is 0 Å². The van der Waals surface area contributed by atoms with Crippen LogP contribution in [0.4, 0.5) is 0 Å². The molecule has 1 amide bonds. The maximum absolute atomic E-state index is 13.1. The first-order valence-corrected chi connectivity index (χ1v) is 11.1. The highest BCUT2D eigenvalue weighted by atomic mass is 16.7. The predicted octanol–water partition coefficient (Wildman–Crippen LogP) is 4.06. The highest BCUT2D eigenvalue weighted by Crippen LogP contribution is 2.38. The molecule has 7 heteroatoms. The molecule has 0 saturated heterocycles. The lowest BCUT2D eigenvalue weighted by molar-refractivity contribution is -0.127. The largest absolute Gasteiger partial charge is 0.497 e. The van der Waals surface area contributed by atoms with E-state index >= 15 is 0 Å². The predicted molar refractivity (Wildman–Crippen MR) is 131 cm³/mol. The molecule has 0 atom stereocenters. The maximum atomic E-state index is 13.1. The van der Waals surface area contributed by atoms with Crippen LogP contribution >= 0.6 is 0 Å². The molecule has 2 aromatic carbocycles. The monoisotopic (exact) mass is 444 g/mol. The zero-order valence-corrected chi connectivity index (χ0v) is 19.1. The van der Waals surface area contributed by atoms with Crippen molar-refractivity contribution in [3.8, 4) is 5.75 Å². The van der Waals surface area contributed by atoms with E-state index in [2.05, 4.69) is 46.3 Å². The van der Waals surface area contributed by atoms with Crippen LogP contribution in [-0.4, -0.2) is 54.7 Å². The lowest BCUT2D eigenvalue weighted by Crippen LogP contribution is -2.31. The number of aryl methyl sites for hydroxylation is 1. The third kappa shape index (κ3) is 3.90. The fourth-order valence-corrected chi connectivity index (χ4v) is 4.60. The Balaban J connectivity index is 1.71. The Bertz CT molecular complexity index is 1360. The molecule has 170 valence electrons. The number of H-pyrrole nitrogens is 1. The topological polar surface area (TPSA) is 71.5 Å². The fraction of sp³-hybridized carbons (Fsp3) is 0.269. The van der Waals surface area contributed by atoms with E-state index in [4.69, 9.17) is 9.57 Å². The van der Waals surface area contributed by atoms with Crippen molar-refractivity contribution in [2.24, 2.45) is 0 Å². The molecule has 0 spiro atoms. The number of carbonyl (C=O) groups excluding carboxylic acids is 1. The van der Waals surface area contributed by atoms with E-state index in [1.54, 1.807) is 7.11 Å². The van der Waals surface area contributed by atoms with E-state index in [1.165, 1.54) is 0 Å². The van der Waals surface area contributed by atoms with E-state index in [0.29, 0.717) is 5.57 Å². The van der Waals surface area contributed by atoms with Gasteiger partial charge in [-0.05, 0) is 51.3 Å². The molecule has 2 N–H and O–H groups in total. The van der Waals surface area contributed by atoms with Crippen molar-refractivity contribution in [2.45, 2.75) is 13.0 Å². The summed E-state index contributed by atoms with van der Waals surface area (Å²) < 4.78 is 7.78. The van der Waals surface area contributed by atoms with Gasteiger partial charge in [-0.15, -0.1) is 0 Å². The Morgan fingerprint density at radius 3 is 2.79 bits per heavy atom. The van der Waals surface area contributed by atoms with E-state index in [-0.39, 0.29) is 12.5 Å². The maximum Gasteiger partial charge on any atom is 0.275 e. The zero-order valence-electron chi connectivity index (χ0n) is 19.1. The molecule has 0 aliphatic carbocycles. The molecule has 33 heavy (non-hydrogen) atoms. The molecule has 5 rings (SSSR count). The van der Waals surface area contributed by atoms with Gasteiger partial charge < -0.3 is 19.2 Å². The first-order chi connectivity index (χ1) is 16.1. The number of carbonyl (C=O) groups is 1. The van der Waals surface area contributed by atoms with Gasteiger partial charge in [0.25, 0.3) is 5.91 Å². The first kappa shape index (κ1) is 21.3. The van der Waals surface area contributed by atoms with Gasteiger partial charge in [-0.25, -0.2) is 5.48 Å². The molecule has 3 heterocycles. The van der Waals surface area contributed by atoms with Crippen LogP contribution in [0.25, 0.3) is 33.0 Å². The quantitative estimate of drug-likeness (QED) is 0.451. The van der Waals surface area contributed by atoms with Crippen molar-refractivity contribution in [1.29, 1.82) is 0 Å². The Morgan fingerprint density at radius 2 is 1.97 bits per heavy atom. The van der Waals surface area contributed by atoms with Crippen molar-refractivity contribution in [2.75, 3.05) is 34.4 Å². The molecule has 0 unspecified atom stereocenters. The number of ether oxygens (including phenoxy) is 1. The number of para-hydroxylation sites is 1. The third-order valence-electron chi connectivity index (χ3n) is 6.19. The SMILES string of the molecule is COc1ccc2c(c1)c(C1=C(c3c[nH]c4ccccc34)C(=O)NOC1)cn2CCCN(C)C. The smallest absolute Gasteiger partial charge is 0.275 e. The minimum atomic E-state index is -0.239. The number of aromatic amines is 1. The second-order valence-electron chi connectivity index (χ2n) is 8.60. The molecule has 0 fully saturated rings. The van der Waals surface area contributed by atoms with Crippen molar-refractivity contribution in [3.05, 3.63) is 66.0 Å². The van der Waals surface area contributed by atoms with Crippen LogP contribution in [0, 0.1) is 0 Å². The highest BCUT2D eigenvalue weighted by molar-refractivity contribution is 6.30. The van der Waals surface area contributed by atoms with Crippen LogP contribution in [0.2, 0.25) is 0 Å². The number of nitrogens with zero attached hydrogens (tertiary/aromatic N) is 2. The molecule has 1 aliphatic rings. The number of methoxy groups -OCH3 is 1. The summed E-state index contributed by atoms with van der Waals surface area (Å²) in [5, 5.41) is 2.05. The van der Waals surface area contributed by atoms with Crippen molar-refractivity contribution < 1.29 is 14.4 Å². The number of hydrogen-bond donors (Lipinski definition) is 2. The lowest BCUT2D eigenvalue weighted by Gasteiger charge is -2.20. The minimum Gasteiger partial charge on any atom is -0.497 e. The Labute approximate surface area is 192 Å². The summed E-state index contributed by atoms with van der Waals surface area (Å²) in [4.78, 5) is 24.1. The van der Waals surface area contributed by atoms with Gasteiger partial charge in [0.2, 0.25) is 0 Å². The van der Waals surface area contributed by atoms with Gasteiger partial charge in [0.05, 0.1) is 12.7 Å². The zero-order chi connectivity index (χ0) is 22.9. The van der Waals surface area contributed by atoms with Crippen LogP contribution in [-0.2, 0) is 16.2 Å². The first-order valence-electron chi connectivity index (χ1n) is 11.1. The van der Waals surface area contributed by atoms with E-state index < -0.39 is 0 Å². The Kier molecular flexibility index (Phi) is 5.66. The molecule has 1 aliphatic heterocycles. The van der Waals surface area contributed by atoms with Crippen LogP contribution in [0.15, 0.2) is 54.9 Å². The summed E-state index contributed by atoms with van der Waals surface area (Å²) in [7, 11) is 5.84. The van der Waals surface area contributed by atoms with Gasteiger partial charge in [0.15, 0.2) is 0 Å². The van der Waals surface area contributed by atoms with Crippen LogP contribution in [0.3, 0.4) is 0 Å². The van der Waals surface area contributed by atoms with Gasteiger partial charge >= 0.3 is 0 Å². The fourth-order valence-electron chi connectivity index (χ4n) is 4.60. The van der Waals surface area contributed by atoms with Crippen molar-refractivity contribution in [1.82, 2.24) is 19.9 Å². The van der Waals surface area contributed by atoms with E-state index in [1.807, 2.05) is 42.6 Å². The summed E-state index contributed by atoms with van der Waals surface area (Å²) >= 11 is 0. The number of fused-ring (bicyclic) bond motifs is 2. The van der Waals surface area contributed by atoms with Gasteiger partial charge in [0.1, 0.15) is 12.4 Å². The van der Waals surface area contributed by atoms with Gasteiger partial charge in [-0.2, -0.15) is 0 Å². The lowest BCUT2D eigenvalue weighted by atomic mass is 9.93. The average Bonchev–Trinajstić information content (AvgIpc) is 3.40. The summed E-state index contributed by atoms with van der Waals surface area (Å²) in [6, 6.07) is 14.1. The van der Waals surface area contributed by atoms with Gasteiger partial charge in [-0.3, -0.25) is 9.63 Å². The summed E-state index contributed by atoms with van der Waals surface area (Å²) in [5.41, 5.74) is 8.03. The third-order valence-corrected chi connectivity index (χ3v) is 6.19. The second-order valence-corrected chi connectivity index (χ2v) is 8.60. The molecule has 0 radical (unpaired) electrons. The number of aromatic nitrogens is 2. The van der Waals surface area contributed by atoms with Crippen LogP contribution in [0.5, 0.6) is 5.75 Å². The Morgan fingerprint density at radius 1 is 1.12 bits per heavy atom. The number of nitrogens with one attached hydrogen (secondary N) is 2. The summed E-state index contributed by atoms with van der Waals surface area (Å²) in [6.07, 6.45) is 5.07. The Hall–Kier alpha value is -3.55. The number of hydrogen-bond acceptors (Lipinski definition) is 4. The number of rotatable bonds is 7. The van der Waals surface area contributed by atoms with Gasteiger partial charge in [-0.1, -0.05) is 18.2 Å². The molecule has 4 aromatic rings.